The van der Waals surface area contributed by atoms with E-state index in [1.165, 1.54) is 11.8 Å². The van der Waals surface area contributed by atoms with Crippen molar-refractivity contribution in [1.29, 1.82) is 0 Å². The van der Waals surface area contributed by atoms with Crippen molar-refractivity contribution < 1.29 is 0 Å². The van der Waals surface area contributed by atoms with Crippen molar-refractivity contribution in [3.05, 3.63) is 40.1 Å². The summed E-state index contributed by atoms with van der Waals surface area (Å²) >= 11 is 0. The summed E-state index contributed by atoms with van der Waals surface area (Å²) in [5, 5.41) is 0. The largest absolute Gasteiger partial charge is 0.367 e. The second-order valence-electron chi connectivity index (χ2n) is 4.81. The van der Waals surface area contributed by atoms with Crippen molar-refractivity contribution in [2.75, 3.05) is 0 Å². The highest BCUT2D eigenvalue weighted by Crippen LogP contribution is 2.24. The first-order chi connectivity index (χ1) is 8.66. The lowest BCUT2D eigenvalue weighted by molar-refractivity contribution is 0.554. The lowest BCUT2D eigenvalue weighted by atomic mass is 9.97. The molecule has 2 aromatic rings. The number of hydrogen-bond acceptors (Lipinski definition) is 3. The first-order valence-corrected chi connectivity index (χ1v) is 6.14. The number of nitrogens with two attached hydrogens (primary N) is 1. The third-order valence-electron chi connectivity index (χ3n) is 3.57. The van der Waals surface area contributed by atoms with Gasteiger partial charge in [-0.15, -0.1) is 0 Å². The minimum Gasteiger partial charge on any atom is -0.367 e. The Bertz CT molecular complexity index is 641. The van der Waals surface area contributed by atoms with Gasteiger partial charge in [0.25, 0.3) is 0 Å². The van der Waals surface area contributed by atoms with Gasteiger partial charge in [-0.25, -0.2) is 4.98 Å². The molecule has 0 aliphatic heterocycles. The van der Waals surface area contributed by atoms with Gasteiger partial charge >= 0.3 is 0 Å². The zero-order valence-electron chi connectivity index (χ0n) is 10.3. The van der Waals surface area contributed by atoms with E-state index >= 15 is 0 Å². The normalized spacial score (nSPS) is 18.7. The van der Waals surface area contributed by atoms with Crippen molar-refractivity contribution in [2.45, 2.75) is 25.3 Å². The van der Waals surface area contributed by atoms with Crippen LogP contribution in [-0.4, -0.2) is 20.6 Å². The van der Waals surface area contributed by atoms with Crippen LogP contribution < -0.4 is 11.2 Å². The number of nitrogens with zero attached hydrogens (tertiary/aromatic N) is 2. The number of fused-ring (bicyclic) bond motifs is 1. The average Bonchev–Trinajstić information content (AvgIpc) is 2.67. The number of imidazole rings is 1. The van der Waals surface area contributed by atoms with Crippen molar-refractivity contribution in [3.63, 3.8) is 0 Å². The molecular formula is C13H16N4O. The first-order valence-electron chi connectivity index (χ1n) is 6.14. The highest BCUT2D eigenvalue weighted by molar-refractivity contribution is 5.55. The summed E-state index contributed by atoms with van der Waals surface area (Å²) in [7, 11) is 1.96. The molecule has 0 saturated heterocycles. The fraction of sp³-hybridized carbons (Fsp3) is 0.385. The molecule has 0 fully saturated rings. The average molecular weight is 244 g/mol. The fourth-order valence-corrected chi connectivity index (χ4v) is 2.57. The van der Waals surface area contributed by atoms with Crippen LogP contribution in [0.4, 0.5) is 0 Å². The summed E-state index contributed by atoms with van der Waals surface area (Å²) < 4.78 is 2.02. The van der Waals surface area contributed by atoms with Gasteiger partial charge in [-0.3, -0.25) is 4.79 Å². The summed E-state index contributed by atoms with van der Waals surface area (Å²) in [6, 6.07) is 1.71. The summed E-state index contributed by atoms with van der Waals surface area (Å²) in [6.07, 6.45) is 6.05. The van der Waals surface area contributed by atoms with Crippen LogP contribution in [0.5, 0.6) is 0 Å². The van der Waals surface area contributed by atoms with Crippen molar-refractivity contribution in [1.82, 2.24) is 14.5 Å². The predicted octanol–water partition coefficient (Wildman–Crippen LogP) is 0.591. The Hall–Kier alpha value is -1.88. The molecule has 0 spiro atoms. The Morgan fingerprint density at radius 1 is 1.56 bits per heavy atom. The van der Waals surface area contributed by atoms with Gasteiger partial charge in [0.1, 0.15) is 5.82 Å². The van der Waals surface area contributed by atoms with Crippen molar-refractivity contribution in [2.24, 2.45) is 12.8 Å². The topological polar surface area (TPSA) is 76.7 Å². The van der Waals surface area contributed by atoms with Gasteiger partial charge in [0.15, 0.2) is 5.43 Å². The molecule has 5 nitrogen and oxygen atoms in total. The number of aromatic nitrogens is 3. The lowest BCUT2D eigenvalue weighted by Crippen LogP contribution is -2.28. The Morgan fingerprint density at radius 2 is 2.39 bits per heavy atom. The molecule has 2 aromatic heterocycles. The van der Waals surface area contributed by atoms with Crippen LogP contribution in [0.1, 0.15) is 17.8 Å². The molecule has 1 unspecified atom stereocenters. The second kappa shape index (κ2) is 4.10. The van der Waals surface area contributed by atoms with Gasteiger partial charge in [0.05, 0.1) is 11.3 Å². The van der Waals surface area contributed by atoms with Gasteiger partial charge in [-0.2, -0.15) is 0 Å². The third-order valence-corrected chi connectivity index (χ3v) is 3.57. The van der Waals surface area contributed by atoms with Gasteiger partial charge in [-0.05, 0) is 12.8 Å². The highest BCUT2D eigenvalue weighted by Gasteiger charge is 2.23. The van der Waals surface area contributed by atoms with E-state index in [0.717, 1.165) is 30.8 Å². The highest BCUT2D eigenvalue weighted by atomic mass is 16.1. The standard InChI is InChI=1S/C13H16N4O/c1-17-11-3-2-8(14)6-10(11)16-13(17)9-7-15-5-4-12(9)18/h4-5,7-8H,2-3,6,14H2,1H3,(H,15,18). The van der Waals surface area contributed by atoms with Crippen LogP contribution >= 0.6 is 0 Å². The zero-order valence-corrected chi connectivity index (χ0v) is 10.3. The lowest BCUT2D eigenvalue weighted by Gasteiger charge is -2.17. The van der Waals surface area contributed by atoms with Gasteiger partial charge in [-0.1, -0.05) is 0 Å². The molecule has 18 heavy (non-hydrogen) atoms. The van der Waals surface area contributed by atoms with Crippen LogP contribution in [-0.2, 0) is 19.9 Å². The maximum atomic E-state index is 11.9. The number of aromatic amines is 1. The van der Waals surface area contributed by atoms with E-state index < -0.39 is 0 Å². The molecule has 5 heteroatoms. The SMILES string of the molecule is Cn1c(-c2c[nH]ccc2=O)nc2c1CCC(N)C2. The number of hydrogen-bond donors (Lipinski definition) is 2. The van der Waals surface area contributed by atoms with E-state index in [-0.39, 0.29) is 11.5 Å². The van der Waals surface area contributed by atoms with Gasteiger partial charge in [0.2, 0.25) is 0 Å². The van der Waals surface area contributed by atoms with Crippen LogP contribution in [0, 0.1) is 0 Å². The molecule has 0 bridgehead atoms. The Labute approximate surface area is 105 Å². The predicted molar refractivity (Wildman–Crippen MR) is 69.3 cm³/mol. The van der Waals surface area contributed by atoms with Crippen molar-refractivity contribution in [3.8, 4) is 11.4 Å². The van der Waals surface area contributed by atoms with Gasteiger partial charge in [0, 0.05) is 43.7 Å². The molecule has 94 valence electrons. The molecule has 1 aliphatic carbocycles. The van der Waals surface area contributed by atoms with Crippen molar-refractivity contribution >= 4 is 0 Å². The zero-order chi connectivity index (χ0) is 12.7. The molecular weight excluding hydrogens is 228 g/mol. The Balaban J connectivity index is 2.15. The molecule has 0 radical (unpaired) electrons. The van der Waals surface area contributed by atoms with Crippen LogP contribution in [0.25, 0.3) is 11.4 Å². The molecule has 3 N–H and O–H groups in total. The van der Waals surface area contributed by atoms with E-state index in [9.17, 15) is 4.79 Å². The second-order valence-corrected chi connectivity index (χ2v) is 4.81. The summed E-state index contributed by atoms with van der Waals surface area (Å²) in [4.78, 5) is 19.4. The Morgan fingerprint density at radius 3 is 3.17 bits per heavy atom. The molecule has 3 rings (SSSR count). The number of H-pyrrole nitrogens is 1. The number of rotatable bonds is 1. The third kappa shape index (κ3) is 1.67. The number of nitrogens with one attached hydrogen (secondary N) is 1. The summed E-state index contributed by atoms with van der Waals surface area (Å²) in [5.41, 5.74) is 8.80. The minimum atomic E-state index is -0.0107. The van der Waals surface area contributed by atoms with E-state index in [2.05, 4.69) is 9.97 Å². The van der Waals surface area contributed by atoms with E-state index in [1.807, 2.05) is 11.6 Å². The number of pyridine rings is 1. The molecule has 1 atom stereocenters. The van der Waals surface area contributed by atoms with Crippen LogP contribution in [0.3, 0.4) is 0 Å². The Kier molecular flexibility index (Phi) is 2.56. The van der Waals surface area contributed by atoms with E-state index in [1.54, 1.807) is 12.4 Å². The molecule has 0 saturated carbocycles. The van der Waals surface area contributed by atoms with E-state index in [0.29, 0.717) is 5.56 Å². The maximum Gasteiger partial charge on any atom is 0.192 e. The quantitative estimate of drug-likeness (QED) is 0.771. The summed E-state index contributed by atoms with van der Waals surface area (Å²) in [5.74, 6) is 0.732. The molecule has 2 heterocycles. The van der Waals surface area contributed by atoms with Gasteiger partial charge < -0.3 is 15.3 Å². The maximum absolute atomic E-state index is 11.9. The first kappa shape index (κ1) is 11.2. The monoisotopic (exact) mass is 244 g/mol. The fourth-order valence-electron chi connectivity index (χ4n) is 2.57. The molecule has 0 aromatic carbocycles. The van der Waals surface area contributed by atoms with E-state index in [4.69, 9.17) is 5.73 Å². The smallest absolute Gasteiger partial charge is 0.192 e. The minimum absolute atomic E-state index is 0.0107. The van der Waals surface area contributed by atoms with Crippen LogP contribution in [0.2, 0.25) is 0 Å². The molecule has 0 amide bonds. The summed E-state index contributed by atoms with van der Waals surface area (Å²) in [6.45, 7) is 0. The molecule has 1 aliphatic rings. The van der Waals surface area contributed by atoms with Crippen LogP contribution in [0.15, 0.2) is 23.3 Å².